The number of aliphatic hydroxyl groups excluding tert-OH is 1. The summed E-state index contributed by atoms with van der Waals surface area (Å²) in [6, 6.07) is 3.14. The second kappa shape index (κ2) is 4.42. The molecule has 1 aromatic carbocycles. The molecular formula is C13H17FO2. The zero-order chi connectivity index (χ0) is 11.7. The van der Waals surface area contributed by atoms with Crippen molar-refractivity contribution in [2.75, 3.05) is 7.11 Å². The van der Waals surface area contributed by atoms with E-state index in [1.807, 2.05) is 0 Å². The fourth-order valence-electron chi connectivity index (χ4n) is 2.33. The maximum atomic E-state index is 13.8. The first-order chi connectivity index (χ1) is 7.61. The summed E-state index contributed by atoms with van der Waals surface area (Å²) in [6.07, 6.45) is 1.74. The van der Waals surface area contributed by atoms with E-state index in [9.17, 15) is 9.50 Å². The number of aliphatic hydroxyl groups is 1. The Hall–Kier alpha value is -1.09. The summed E-state index contributed by atoms with van der Waals surface area (Å²) >= 11 is 0. The van der Waals surface area contributed by atoms with Crippen LogP contribution in [0.15, 0.2) is 12.1 Å². The van der Waals surface area contributed by atoms with Crippen LogP contribution in [-0.4, -0.2) is 12.2 Å². The molecule has 1 aliphatic rings. The zero-order valence-corrected chi connectivity index (χ0v) is 9.66. The minimum Gasteiger partial charge on any atom is -0.497 e. The summed E-state index contributed by atoms with van der Waals surface area (Å²) in [5, 5.41) is 10.0. The molecular weight excluding hydrogens is 207 g/mol. The highest BCUT2D eigenvalue weighted by Crippen LogP contribution is 2.35. The van der Waals surface area contributed by atoms with E-state index < -0.39 is 6.10 Å². The molecule has 0 fully saturated rings. The minimum atomic E-state index is -0.572. The Morgan fingerprint density at radius 2 is 2.19 bits per heavy atom. The normalized spacial score (nSPS) is 24.8. The maximum absolute atomic E-state index is 13.8. The standard InChI is InChI=1S/C13H17FO2/c1-8-3-4-10-11(13(15)5-8)6-9(16-2)7-12(10)14/h6-8,13,15H,3-5H2,1-2H3. The zero-order valence-electron chi connectivity index (χ0n) is 9.66. The lowest BCUT2D eigenvalue weighted by Gasteiger charge is -2.14. The van der Waals surface area contributed by atoms with E-state index >= 15 is 0 Å². The molecule has 3 heteroatoms. The third-order valence-electron chi connectivity index (χ3n) is 3.31. The molecule has 2 rings (SSSR count). The molecule has 1 aromatic rings. The van der Waals surface area contributed by atoms with Crippen molar-refractivity contribution >= 4 is 0 Å². The molecule has 1 aliphatic carbocycles. The van der Waals surface area contributed by atoms with E-state index in [0.717, 1.165) is 6.42 Å². The van der Waals surface area contributed by atoms with Crippen LogP contribution in [0.1, 0.15) is 37.0 Å². The number of halogens is 1. The van der Waals surface area contributed by atoms with Gasteiger partial charge in [0.25, 0.3) is 0 Å². The quantitative estimate of drug-likeness (QED) is 0.743. The molecule has 2 unspecified atom stereocenters. The van der Waals surface area contributed by atoms with Crippen molar-refractivity contribution in [1.82, 2.24) is 0 Å². The Labute approximate surface area is 95.1 Å². The molecule has 0 saturated heterocycles. The molecule has 88 valence electrons. The first kappa shape index (κ1) is 11.4. The van der Waals surface area contributed by atoms with Crippen LogP contribution in [0.3, 0.4) is 0 Å². The Kier molecular flexibility index (Phi) is 3.15. The average Bonchev–Trinajstić information content (AvgIpc) is 2.39. The highest BCUT2D eigenvalue weighted by molar-refractivity contribution is 5.39. The van der Waals surface area contributed by atoms with Crippen molar-refractivity contribution in [2.45, 2.75) is 32.3 Å². The van der Waals surface area contributed by atoms with Gasteiger partial charge in [0.1, 0.15) is 11.6 Å². The van der Waals surface area contributed by atoms with Crippen LogP contribution in [-0.2, 0) is 6.42 Å². The topological polar surface area (TPSA) is 29.5 Å². The summed E-state index contributed by atoms with van der Waals surface area (Å²) in [7, 11) is 1.51. The van der Waals surface area contributed by atoms with Crippen LogP contribution in [0, 0.1) is 11.7 Å². The van der Waals surface area contributed by atoms with Crippen molar-refractivity contribution in [1.29, 1.82) is 0 Å². The van der Waals surface area contributed by atoms with Crippen LogP contribution < -0.4 is 4.74 Å². The molecule has 0 aliphatic heterocycles. The van der Waals surface area contributed by atoms with Crippen LogP contribution in [0.2, 0.25) is 0 Å². The number of hydrogen-bond donors (Lipinski definition) is 1. The molecule has 0 aromatic heterocycles. The number of benzene rings is 1. The van der Waals surface area contributed by atoms with E-state index in [-0.39, 0.29) is 5.82 Å². The van der Waals surface area contributed by atoms with E-state index in [0.29, 0.717) is 35.6 Å². The lowest BCUT2D eigenvalue weighted by molar-refractivity contribution is 0.149. The summed E-state index contributed by atoms with van der Waals surface area (Å²) < 4.78 is 18.8. The van der Waals surface area contributed by atoms with E-state index in [1.54, 1.807) is 6.07 Å². The molecule has 2 nitrogen and oxygen atoms in total. The van der Waals surface area contributed by atoms with Crippen LogP contribution >= 0.6 is 0 Å². The molecule has 0 amide bonds. The van der Waals surface area contributed by atoms with Crippen LogP contribution in [0.25, 0.3) is 0 Å². The van der Waals surface area contributed by atoms with Gasteiger partial charge in [-0.05, 0) is 42.4 Å². The smallest absolute Gasteiger partial charge is 0.130 e. The SMILES string of the molecule is COc1cc(F)c2c(c1)C(O)CC(C)CC2. The average molecular weight is 224 g/mol. The van der Waals surface area contributed by atoms with Crippen LogP contribution in [0.5, 0.6) is 5.75 Å². The summed E-state index contributed by atoms with van der Waals surface area (Å²) in [4.78, 5) is 0. The van der Waals surface area contributed by atoms with Gasteiger partial charge >= 0.3 is 0 Å². The van der Waals surface area contributed by atoms with Crippen LogP contribution in [0.4, 0.5) is 4.39 Å². The number of hydrogen-bond acceptors (Lipinski definition) is 2. The molecule has 0 spiro atoms. The molecule has 1 N–H and O–H groups in total. The van der Waals surface area contributed by atoms with E-state index in [4.69, 9.17) is 4.74 Å². The molecule has 0 bridgehead atoms. The monoisotopic (exact) mass is 224 g/mol. The van der Waals surface area contributed by atoms with Gasteiger partial charge in [-0.15, -0.1) is 0 Å². The first-order valence-corrected chi connectivity index (χ1v) is 5.66. The summed E-state index contributed by atoms with van der Waals surface area (Å²) in [6.45, 7) is 2.09. The Bertz CT molecular complexity index is 390. The number of fused-ring (bicyclic) bond motifs is 1. The van der Waals surface area contributed by atoms with Gasteiger partial charge in [-0.1, -0.05) is 6.92 Å². The fraction of sp³-hybridized carbons (Fsp3) is 0.538. The summed E-state index contributed by atoms with van der Waals surface area (Å²) in [5.74, 6) is 0.639. The molecule has 16 heavy (non-hydrogen) atoms. The number of ether oxygens (including phenoxy) is 1. The Morgan fingerprint density at radius 3 is 2.88 bits per heavy atom. The number of rotatable bonds is 1. The van der Waals surface area contributed by atoms with Gasteiger partial charge in [-0.25, -0.2) is 4.39 Å². The fourth-order valence-corrected chi connectivity index (χ4v) is 2.33. The lowest BCUT2D eigenvalue weighted by atomic mass is 9.99. The van der Waals surface area contributed by atoms with Gasteiger partial charge in [0, 0.05) is 6.07 Å². The molecule has 0 radical (unpaired) electrons. The predicted molar refractivity (Wildman–Crippen MR) is 60.0 cm³/mol. The van der Waals surface area contributed by atoms with Crippen molar-refractivity contribution in [3.05, 3.63) is 29.1 Å². The molecule has 2 atom stereocenters. The molecule has 0 heterocycles. The Morgan fingerprint density at radius 1 is 1.44 bits per heavy atom. The third-order valence-corrected chi connectivity index (χ3v) is 3.31. The largest absolute Gasteiger partial charge is 0.497 e. The minimum absolute atomic E-state index is 0.262. The third kappa shape index (κ3) is 2.05. The highest BCUT2D eigenvalue weighted by atomic mass is 19.1. The highest BCUT2D eigenvalue weighted by Gasteiger charge is 2.23. The van der Waals surface area contributed by atoms with Crippen molar-refractivity contribution in [2.24, 2.45) is 5.92 Å². The van der Waals surface area contributed by atoms with Gasteiger partial charge < -0.3 is 9.84 Å². The Balaban J connectivity index is 2.47. The van der Waals surface area contributed by atoms with Crippen molar-refractivity contribution in [3.63, 3.8) is 0 Å². The lowest BCUT2D eigenvalue weighted by Crippen LogP contribution is -2.03. The number of methoxy groups -OCH3 is 1. The van der Waals surface area contributed by atoms with E-state index in [2.05, 4.69) is 6.92 Å². The van der Waals surface area contributed by atoms with Gasteiger partial charge in [-0.2, -0.15) is 0 Å². The molecule has 0 saturated carbocycles. The van der Waals surface area contributed by atoms with Crippen molar-refractivity contribution in [3.8, 4) is 5.75 Å². The van der Waals surface area contributed by atoms with E-state index in [1.165, 1.54) is 13.2 Å². The summed E-state index contributed by atoms with van der Waals surface area (Å²) in [5.41, 5.74) is 1.35. The van der Waals surface area contributed by atoms with Crippen molar-refractivity contribution < 1.29 is 14.2 Å². The maximum Gasteiger partial charge on any atom is 0.130 e. The van der Waals surface area contributed by atoms with Gasteiger partial charge in [0.2, 0.25) is 0 Å². The van der Waals surface area contributed by atoms with Gasteiger partial charge in [0.05, 0.1) is 13.2 Å². The first-order valence-electron chi connectivity index (χ1n) is 5.66. The predicted octanol–water partition coefficient (Wildman–Crippen LogP) is 2.84. The van der Waals surface area contributed by atoms with Gasteiger partial charge in [-0.3, -0.25) is 0 Å². The van der Waals surface area contributed by atoms with Gasteiger partial charge in [0.15, 0.2) is 0 Å². The second-order valence-corrected chi connectivity index (χ2v) is 4.57. The second-order valence-electron chi connectivity index (χ2n) is 4.57.